The maximum Gasteiger partial charge on any atom is 0.325 e. The minimum atomic E-state index is -0.917. The molecule has 0 aliphatic carbocycles. The van der Waals surface area contributed by atoms with Crippen molar-refractivity contribution in [2.24, 2.45) is 5.92 Å². The molecule has 3 aliphatic rings. The molecule has 4 rings (SSSR count). The normalized spacial score (nSPS) is 20.6. The third-order valence-electron chi connectivity index (χ3n) is 6.42. The highest BCUT2D eigenvalue weighted by atomic mass is 16.5. The Hall–Kier alpha value is -2.94. The van der Waals surface area contributed by atoms with Gasteiger partial charge in [0.1, 0.15) is 11.3 Å². The van der Waals surface area contributed by atoms with Gasteiger partial charge in [0.15, 0.2) is 12.4 Å². The molecule has 1 aromatic carbocycles. The number of ketones is 1. The van der Waals surface area contributed by atoms with Crippen LogP contribution in [0.1, 0.15) is 44.0 Å². The standard InChI is InChI=1S/C23H30N4O5/c1-4-26-17-11-16(5-6-19(17)32-14-20(26)29)18(28)13-27-21(30)23(24-22(27)31)7-9-25(10-8-23)12-15(2)3/h5-6,11,15H,4,7-10,12-14H2,1-3H3,(H,24,31). The molecular formula is C23H30N4O5. The maximum absolute atomic E-state index is 13.2. The zero-order chi connectivity index (χ0) is 23.0. The average Bonchev–Trinajstić information content (AvgIpc) is 2.98. The van der Waals surface area contributed by atoms with E-state index in [4.69, 9.17) is 4.74 Å². The van der Waals surface area contributed by atoms with Crippen LogP contribution in [0.2, 0.25) is 0 Å². The van der Waals surface area contributed by atoms with Gasteiger partial charge >= 0.3 is 6.03 Å². The summed E-state index contributed by atoms with van der Waals surface area (Å²) in [7, 11) is 0. The Morgan fingerprint density at radius 1 is 1.16 bits per heavy atom. The number of fused-ring (bicyclic) bond motifs is 1. The first-order valence-electron chi connectivity index (χ1n) is 11.2. The summed E-state index contributed by atoms with van der Waals surface area (Å²) in [5, 5.41) is 2.86. The fraction of sp³-hybridized carbons (Fsp3) is 0.565. The van der Waals surface area contributed by atoms with Crippen LogP contribution in [0.5, 0.6) is 5.75 Å². The number of hydrogen-bond donors (Lipinski definition) is 1. The Balaban J connectivity index is 1.46. The van der Waals surface area contributed by atoms with Crippen LogP contribution < -0.4 is 15.0 Å². The van der Waals surface area contributed by atoms with Gasteiger partial charge in [0.05, 0.1) is 12.2 Å². The number of ether oxygens (including phenoxy) is 1. The number of likely N-dealkylation sites (tertiary alicyclic amines) is 1. The van der Waals surface area contributed by atoms with Crippen LogP contribution in [0.4, 0.5) is 10.5 Å². The smallest absolute Gasteiger partial charge is 0.325 e. The molecule has 1 spiro atoms. The predicted octanol–water partition coefficient (Wildman–Crippen LogP) is 1.66. The van der Waals surface area contributed by atoms with E-state index in [1.54, 1.807) is 23.1 Å². The van der Waals surface area contributed by atoms with Crippen molar-refractivity contribution in [3.05, 3.63) is 23.8 Å². The molecular weight excluding hydrogens is 412 g/mol. The van der Waals surface area contributed by atoms with E-state index >= 15 is 0 Å². The number of hydrogen-bond acceptors (Lipinski definition) is 6. The second kappa shape index (κ2) is 8.54. The number of urea groups is 1. The van der Waals surface area contributed by atoms with Crippen molar-refractivity contribution in [1.82, 2.24) is 15.1 Å². The Morgan fingerprint density at radius 2 is 1.88 bits per heavy atom. The van der Waals surface area contributed by atoms with Gasteiger partial charge in [-0.25, -0.2) is 4.79 Å². The summed E-state index contributed by atoms with van der Waals surface area (Å²) >= 11 is 0. The number of anilines is 1. The van der Waals surface area contributed by atoms with Crippen LogP contribution in [0.25, 0.3) is 0 Å². The molecule has 1 aromatic rings. The SMILES string of the molecule is CCN1C(=O)COc2ccc(C(=O)CN3C(=O)NC4(CCN(CC(C)C)CC4)C3=O)cc21. The summed E-state index contributed by atoms with van der Waals surface area (Å²) in [4.78, 5) is 55.7. The van der Waals surface area contributed by atoms with Gasteiger partial charge in [-0.1, -0.05) is 13.8 Å². The van der Waals surface area contributed by atoms with E-state index in [1.165, 1.54) is 0 Å². The van der Waals surface area contributed by atoms with E-state index in [1.807, 2.05) is 6.92 Å². The molecule has 0 aromatic heterocycles. The lowest BCUT2D eigenvalue weighted by Crippen LogP contribution is -2.55. The highest BCUT2D eigenvalue weighted by Gasteiger charge is 2.52. The zero-order valence-corrected chi connectivity index (χ0v) is 18.8. The van der Waals surface area contributed by atoms with Crippen LogP contribution >= 0.6 is 0 Å². The first-order valence-corrected chi connectivity index (χ1v) is 11.2. The molecule has 3 aliphatic heterocycles. The third kappa shape index (κ3) is 3.97. The maximum atomic E-state index is 13.2. The highest BCUT2D eigenvalue weighted by Crippen LogP contribution is 2.34. The molecule has 2 fully saturated rings. The second-order valence-electron chi connectivity index (χ2n) is 9.13. The Morgan fingerprint density at radius 3 is 2.53 bits per heavy atom. The number of rotatable bonds is 6. The first kappa shape index (κ1) is 22.3. The number of carbonyl (C=O) groups is 4. The molecule has 0 atom stereocenters. The third-order valence-corrected chi connectivity index (χ3v) is 6.42. The Bertz CT molecular complexity index is 952. The van der Waals surface area contributed by atoms with Crippen molar-refractivity contribution in [2.45, 2.75) is 39.2 Å². The lowest BCUT2D eigenvalue weighted by molar-refractivity contribution is -0.132. The van der Waals surface area contributed by atoms with E-state index in [9.17, 15) is 19.2 Å². The minimum absolute atomic E-state index is 0.0345. The molecule has 0 unspecified atom stereocenters. The highest BCUT2D eigenvalue weighted by molar-refractivity contribution is 6.11. The van der Waals surface area contributed by atoms with Crippen LogP contribution in [0.3, 0.4) is 0 Å². The molecule has 2 saturated heterocycles. The summed E-state index contributed by atoms with van der Waals surface area (Å²) in [6.07, 6.45) is 1.08. The Labute approximate surface area is 187 Å². The fourth-order valence-electron chi connectivity index (χ4n) is 4.75. The molecule has 0 bridgehead atoms. The van der Waals surface area contributed by atoms with Crippen molar-refractivity contribution in [1.29, 1.82) is 0 Å². The van der Waals surface area contributed by atoms with Gasteiger partial charge in [-0.15, -0.1) is 0 Å². The number of piperidine rings is 1. The van der Waals surface area contributed by atoms with E-state index < -0.39 is 11.6 Å². The van der Waals surface area contributed by atoms with Crippen molar-refractivity contribution >= 4 is 29.3 Å². The van der Waals surface area contributed by atoms with Crippen molar-refractivity contribution < 1.29 is 23.9 Å². The summed E-state index contributed by atoms with van der Waals surface area (Å²) < 4.78 is 5.44. The predicted molar refractivity (Wildman–Crippen MR) is 118 cm³/mol. The minimum Gasteiger partial charge on any atom is -0.482 e. The number of carbonyl (C=O) groups excluding carboxylic acids is 4. The van der Waals surface area contributed by atoms with Crippen LogP contribution in [0.15, 0.2) is 18.2 Å². The summed E-state index contributed by atoms with van der Waals surface area (Å²) in [5.41, 5.74) is -0.0606. The molecule has 9 nitrogen and oxygen atoms in total. The molecule has 1 N–H and O–H groups in total. The number of benzene rings is 1. The molecule has 4 amide bonds. The first-order chi connectivity index (χ1) is 15.2. The van der Waals surface area contributed by atoms with Gasteiger partial charge in [0.25, 0.3) is 11.8 Å². The fourth-order valence-corrected chi connectivity index (χ4v) is 4.75. The number of imide groups is 1. The molecule has 0 saturated carbocycles. The number of nitrogens with zero attached hydrogens (tertiary/aromatic N) is 3. The monoisotopic (exact) mass is 442 g/mol. The van der Waals surface area contributed by atoms with Gasteiger partial charge in [-0.05, 0) is 43.9 Å². The summed E-state index contributed by atoms with van der Waals surface area (Å²) in [6, 6.07) is 4.32. The Kier molecular flexibility index (Phi) is 5.94. The van der Waals surface area contributed by atoms with Crippen LogP contribution in [-0.4, -0.2) is 78.3 Å². The van der Waals surface area contributed by atoms with Gasteiger partial charge in [-0.2, -0.15) is 0 Å². The molecule has 9 heteroatoms. The van der Waals surface area contributed by atoms with E-state index in [-0.39, 0.29) is 30.7 Å². The van der Waals surface area contributed by atoms with E-state index in [0.717, 1.165) is 24.5 Å². The van der Waals surface area contributed by atoms with Crippen molar-refractivity contribution in [2.75, 3.05) is 44.2 Å². The lowest BCUT2D eigenvalue weighted by Gasteiger charge is -2.37. The molecule has 172 valence electrons. The summed E-state index contributed by atoms with van der Waals surface area (Å²) in [5.74, 6) is 0.203. The quantitative estimate of drug-likeness (QED) is 0.531. The number of likely N-dealkylation sites (N-methyl/N-ethyl adjacent to an activating group) is 1. The van der Waals surface area contributed by atoms with Gasteiger partial charge in [0.2, 0.25) is 0 Å². The average molecular weight is 443 g/mol. The van der Waals surface area contributed by atoms with Crippen LogP contribution in [-0.2, 0) is 9.59 Å². The topological polar surface area (TPSA) is 99.3 Å². The molecule has 32 heavy (non-hydrogen) atoms. The zero-order valence-electron chi connectivity index (χ0n) is 18.8. The van der Waals surface area contributed by atoms with Crippen LogP contribution in [0, 0.1) is 5.92 Å². The number of amides is 4. The van der Waals surface area contributed by atoms with Gasteiger partial charge in [-0.3, -0.25) is 19.3 Å². The largest absolute Gasteiger partial charge is 0.482 e. The van der Waals surface area contributed by atoms with Gasteiger partial charge < -0.3 is 19.9 Å². The second-order valence-corrected chi connectivity index (χ2v) is 9.13. The van der Waals surface area contributed by atoms with Crippen molar-refractivity contribution in [3.8, 4) is 5.75 Å². The number of Topliss-reactive ketones (excluding diaryl/α,β-unsaturated/α-hetero) is 1. The van der Waals surface area contributed by atoms with Crippen molar-refractivity contribution in [3.63, 3.8) is 0 Å². The van der Waals surface area contributed by atoms with E-state index in [0.29, 0.717) is 42.3 Å². The van der Waals surface area contributed by atoms with Gasteiger partial charge in [0, 0.05) is 31.7 Å². The molecule has 3 heterocycles. The number of nitrogens with one attached hydrogen (secondary N) is 1. The molecule has 0 radical (unpaired) electrons. The summed E-state index contributed by atoms with van der Waals surface area (Å²) in [6.45, 7) is 8.67. The lowest BCUT2D eigenvalue weighted by atomic mass is 9.87. The van der Waals surface area contributed by atoms with E-state index in [2.05, 4.69) is 24.1 Å².